The summed E-state index contributed by atoms with van der Waals surface area (Å²) in [6, 6.07) is 8.25. The van der Waals surface area contributed by atoms with Crippen molar-refractivity contribution in [3.05, 3.63) is 34.3 Å². The van der Waals surface area contributed by atoms with Gasteiger partial charge in [-0.25, -0.2) is 0 Å². The third kappa shape index (κ3) is 9.21. The van der Waals surface area contributed by atoms with Gasteiger partial charge in [-0.05, 0) is 43.4 Å². The van der Waals surface area contributed by atoms with Crippen LogP contribution in [0, 0.1) is 5.92 Å². The van der Waals surface area contributed by atoms with Crippen LogP contribution in [0.25, 0.3) is 0 Å². The van der Waals surface area contributed by atoms with Crippen LogP contribution in [0.3, 0.4) is 0 Å². The Morgan fingerprint density at radius 1 is 1.40 bits per heavy atom. The van der Waals surface area contributed by atoms with Crippen LogP contribution in [0.4, 0.5) is 0 Å². The summed E-state index contributed by atoms with van der Waals surface area (Å²) in [6.07, 6.45) is 1.97. The fraction of sp³-hybridized carbons (Fsp3) is 0.611. The first-order valence-corrected chi connectivity index (χ1v) is 9.37. The lowest BCUT2D eigenvalue weighted by Gasteiger charge is -2.22. The molecular weight excluding hydrogens is 497 g/mol. The Bertz CT molecular complexity index is 524. The van der Waals surface area contributed by atoms with Crippen molar-refractivity contribution in [1.29, 1.82) is 0 Å². The van der Waals surface area contributed by atoms with E-state index in [2.05, 4.69) is 43.3 Å². The van der Waals surface area contributed by atoms with E-state index in [0.29, 0.717) is 13.2 Å². The van der Waals surface area contributed by atoms with Crippen molar-refractivity contribution in [3.63, 3.8) is 0 Å². The molecule has 1 atom stereocenters. The molecule has 25 heavy (non-hydrogen) atoms. The molecular formula is C18H29BrIN3O2. The van der Waals surface area contributed by atoms with E-state index >= 15 is 0 Å². The number of hydrogen-bond donors (Lipinski definition) is 2. The molecule has 5 nitrogen and oxygen atoms in total. The van der Waals surface area contributed by atoms with Gasteiger partial charge in [-0.1, -0.05) is 28.1 Å². The summed E-state index contributed by atoms with van der Waals surface area (Å²) in [5.41, 5.74) is 1.21. The van der Waals surface area contributed by atoms with Gasteiger partial charge in [-0.15, -0.1) is 24.0 Å². The molecule has 0 aromatic heterocycles. The lowest BCUT2D eigenvalue weighted by molar-refractivity contribution is 0.0367. The largest absolute Gasteiger partial charge is 0.389 e. The Morgan fingerprint density at radius 2 is 2.08 bits per heavy atom. The van der Waals surface area contributed by atoms with Crippen LogP contribution >= 0.6 is 39.9 Å². The maximum atomic E-state index is 10.0. The van der Waals surface area contributed by atoms with Crippen molar-refractivity contribution in [2.24, 2.45) is 10.9 Å². The van der Waals surface area contributed by atoms with Crippen LogP contribution in [-0.4, -0.2) is 55.4 Å². The van der Waals surface area contributed by atoms with Crippen molar-refractivity contribution in [2.45, 2.75) is 32.4 Å². The minimum Gasteiger partial charge on any atom is -0.389 e. The molecule has 142 valence electrons. The highest BCUT2D eigenvalue weighted by Gasteiger charge is 2.21. The molecule has 1 aromatic carbocycles. The molecule has 0 bridgehead atoms. The van der Waals surface area contributed by atoms with E-state index in [1.54, 1.807) is 0 Å². The van der Waals surface area contributed by atoms with Crippen LogP contribution in [0.2, 0.25) is 0 Å². The molecule has 1 aliphatic carbocycles. The minimum atomic E-state index is -0.557. The van der Waals surface area contributed by atoms with Crippen LogP contribution < -0.4 is 5.32 Å². The molecule has 0 saturated heterocycles. The Morgan fingerprint density at radius 3 is 2.68 bits per heavy atom. The maximum absolute atomic E-state index is 10.0. The number of halogens is 2. The molecule has 1 unspecified atom stereocenters. The van der Waals surface area contributed by atoms with Gasteiger partial charge >= 0.3 is 0 Å². The molecule has 1 saturated carbocycles. The van der Waals surface area contributed by atoms with Crippen molar-refractivity contribution < 1.29 is 9.84 Å². The zero-order chi connectivity index (χ0) is 17.4. The fourth-order valence-corrected chi connectivity index (χ4v) is 2.57. The number of aliphatic hydroxyl groups excluding tert-OH is 1. The number of nitrogens with one attached hydrogen (secondary N) is 1. The van der Waals surface area contributed by atoms with Gasteiger partial charge in [0.2, 0.25) is 0 Å². The van der Waals surface area contributed by atoms with E-state index in [4.69, 9.17) is 4.74 Å². The summed E-state index contributed by atoms with van der Waals surface area (Å²) >= 11 is 3.45. The highest BCUT2D eigenvalue weighted by Crippen LogP contribution is 2.28. The van der Waals surface area contributed by atoms with E-state index in [1.807, 2.05) is 26.1 Å². The SMILES string of the molecule is CCNC(=NCC(O)COCC1CC1)N(C)Cc1ccc(Br)cc1.I. The molecule has 0 radical (unpaired) electrons. The molecule has 1 aliphatic rings. The number of ether oxygens (including phenoxy) is 1. The Hall–Kier alpha value is -0.380. The van der Waals surface area contributed by atoms with Crippen LogP contribution in [0.1, 0.15) is 25.3 Å². The standard InChI is InChI=1S/C18H28BrN3O2.HI/c1-3-20-18(21-10-17(23)13-24-12-15-4-5-15)22(2)11-14-6-8-16(19)9-7-14;/h6-9,15,17,23H,3-5,10-13H2,1-2H3,(H,20,21);1H. The van der Waals surface area contributed by atoms with E-state index in [9.17, 15) is 5.11 Å². The number of rotatable bonds is 9. The topological polar surface area (TPSA) is 57.1 Å². The number of hydrogen-bond acceptors (Lipinski definition) is 3. The number of aliphatic imine (C=N–C) groups is 1. The van der Waals surface area contributed by atoms with Crippen molar-refractivity contribution in [1.82, 2.24) is 10.2 Å². The van der Waals surface area contributed by atoms with Gasteiger partial charge in [-0.2, -0.15) is 0 Å². The summed E-state index contributed by atoms with van der Waals surface area (Å²) < 4.78 is 6.59. The first-order valence-electron chi connectivity index (χ1n) is 8.58. The minimum absolute atomic E-state index is 0. The lowest BCUT2D eigenvalue weighted by atomic mass is 10.2. The Kier molecular flexibility index (Phi) is 11.0. The molecule has 0 amide bonds. The highest BCUT2D eigenvalue weighted by molar-refractivity contribution is 14.0. The van der Waals surface area contributed by atoms with Gasteiger partial charge in [0.25, 0.3) is 0 Å². The zero-order valence-corrected chi connectivity index (χ0v) is 18.9. The van der Waals surface area contributed by atoms with Gasteiger partial charge < -0.3 is 20.1 Å². The van der Waals surface area contributed by atoms with Gasteiger partial charge in [0.05, 0.1) is 19.3 Å². The molecule has 0 heterocycles. The zero-order valence-electron chi connectivity index (χ0n) is 14.9. The lowest BCUT2D eigenvalue weighted by Crippen LogP contribution is -2.39. The second kappa shape index (κ2) is 12.1. The summed E-state index contributed by atoms with van der Waals surface area (Å²) in [7, 11) is 2.00. The number of aliphatic hydroxyl groups is 1. The summed E-state index contributed by atoms with van der Waals surface area (Å²) in [5.74, 6) is 1.51. The second-order valence-corrected chi connectivity index (χ2v) is 7.23. The maximum Gasteiger partial charge on any atom is 0.194 e. The Balaban J connectivity index is 0.00000312. The quantitative estimate of drug-likeness (QED) is 0.295. The summed E-state index contributed by atoms with van der Waals surface area (Å²) in [6.45, 7) is 5.06. The number of guanidine groups is 1. The third-order valence-corrected chi connectivity index (χ3v) is 4.37. The second-order valence-electron chi connectivity index (χ2n) is 6.31. The molecule has 1 fully saturated rings. The molecule has 7 heteroatoms. The average molecular weight is 526 g/mol. The normalized spacial score (nSPS) is 15.4. The van der Waals surface area contributed by atoms with E-state index in [-0.39, 0.29) is 24.0 Å². The van der Waals surface area contributed by atoms with Gasteiger partial charge in [0.1, 0.15) is 0 Å². The number of nitrogens with zero attached hydrogens (tertiary/aromatic N) is 2. The molecule has 0 spiro atoms. The van der Waals surface area contributed by atoms with E-state index < -0.39 is 6.10 Å². The van der Waals surface area contributed by atoms with Crippen LogP contribution in [0.15, 0.2) is 33.7 Å². The van der Waals surface area contributed by atoms with Gasteiger partial charge in [-0.3, -0.25) is 4.99 Å². The van der Waals surface area contributed by atoms with E-state index in [0.717, 1.165) is 36.0 Å². The van der Waals surface area contributed by atoms with Crippen LogP contribution in [0.5, 0.6) is 0 Å². The monoisotopic (exact) mass is 525 g/mol. The molecule has 0 aliphatic heterocycles. The highest BCUT2D eigenvalue weighted by atomic mass is 127. The molecule has 2 rings (SSSR count). The van der Waals surface area contributed by atoms with Crippen molar-refractivity contribution in [2.75, 3.05) is 33.4 Å². The van der Waals surface area contributed by atoms with Crippen LogP contribution in [-0.2, 0) is 11.3 Å². The predicted molar refractivity (Wildman–Crippen MR) is 117 cm³/mol. The Labute approximate surface area is 176 Å². The third-order valence-electron chi connectivity index (χ3n) is 3.84. The van der Waals surface area contributed by atoms with E-state index in [1.165, 1.54) is 18.4 Å². The van der Waals surface area contributed by atoms with Crippen molar-refractivity contribution >= 4 is 45.9 Å². The van der Waals surface area contributed by atoms with Gasteiger partial charge in [0, 0.05) is 31.2 Å². The summed E-state index contributed by atoms with van der Waals surface area (Å²) in [5, 5.41) is 13.3. The van der Waals surface area contributed by atoms with Gasteiger partial charge in [0.15, 0.2) is 5.96 Å². The first-order chi connectivity index (χ1) is 11.6. The average Bonchev–Trinajstić information content (AvgIpc) is 3.37. The summed E-state index contributed by atoms with van der Waals surface area (Å²) in [4.78, 5) is 6.59. The van der Waals surface area contributed by atoms with Crippen molar-refractivity contribution in [3.8, 4) is 0 Å². The first kappa shape index (κ1) is 22.7. The fourth-order valence-electron chi connectivity index (χ4n) is 2.31. The number of benzene rings is 1. The molecule has 1 aromatic rings. The predicted octanol–water partition coefficient (Wildman–Crippen LogP) is 3.25. The molecule has 2 N–H and O–H groups in total. The smallest absolute Gasteiger partial charge is 0.194 e.